The molecule has 0 aliphatic rings. The van der Waals surface area contributed by atoms with Crippen LogP contribution >= 0.6 is 0 Å². The molecule has 0 fully saturated rings. The molecule has 0 saturated heterocycles. The molecule has 0 saturated carbocycles. The van der Waals surface area contributed by atoms with Gasteiger partial charge in [-0.3, -0.25) is 14.4 Å². The molecule has 374 valence electrons. The van der Waals surface area contributed by atoms with Gasteiger partial charge in [-0.05, 0) is 64.2 Å². The molecule has 0 bridgehead atoms. The van der Waals surface area contributed by atoms with Gasteiger partial charge < -0.3 is 14.2 Å². The lowest BCUT2D eigenvalue weighted by molar-refractivity contribution is -0.167. The van der Waals surface area contributed by atoms with Crippen LogP contribution in [0.3, 0.4) is 0 Å². The summed E-state index contributed by atoms with van der Waals surface area (Å²) in [4.78, 5) is 38.0. The highest BCUT2D eigenvalue weighted by Crippen LogP contribution is 2.16. The summed E-state index contributed by atoms with van der Waals surface area (Å²) in [5, 5.41) is 0. The molecule has 6 heteroatoms. The summed E-state index contributed by atoms with van der Waals surface area (Å²) in [5.74, 6) is -0.937. The summed E-state index contributed by atoms with van der Waals surface area (Å²) < 4.78 is 16.8. The molecule has 0 aromatic carbocycles. The maximum absolute atomic E-state index is 12.8. The van der Waals surface area contributed by atoms with Crippen molar-refractivity contribution in [2.75, 3.05) is 13.2 Å². The molecule has 0 radical (unpaired) electrons. The van der Waals surface area contributed by atoms with Crippen molar-refractivity contribution in [2.24, 2.45) is 0 Å². The van der Waals surface area contributed by atoms with E-state index in [4.69, 9.17) is 14.2 Å². The minimum absolute atomic E-state index is 0.0947. The molecule has 0 aliphatic carbocycles. The van der Waals surface area contributed by atoms with E-state index in [1.165, 1.54) is 128 Å². The molecule has 0 aromatic rings. The molecule has 0 amide bonds. The van der Waals surface area contributed by atoms with Crippen LogP contribution in [0.4, 0.5) is 0 Å². The van der Waals surface area contributed by atoms with E-state index in [1.807, 2.05) is 0 Å². The van der Waals surface area contributed by atoms with Gasteiger partial charge in [-0.2, -0.15) is 0 Å². The van der Waals surface area contributed by atoms with Crippen molar-refractivity contribution in [3.63, 3.8) is 0 Å². The van der Waals surface area contributed by atoms with Crippen LogP contribution in [-0.2, 0) is 28.6 Å². The smallest absolute Gasteiger partial charge is 0.306 e. The first-order valence-corrected chi connectivity index (χ1v) is 27.5. The second-order valence-electron chi connectivity index (χ2n) is 18.3. The molecule has 0 heterocycles. The van der Waals surface area contributed by atoms with Gasteiger partial charge in [-0.15, -0.1) is 0 Å². The van der Waals surface area contributed by atoms with E-state index in [2.05, 4.69) is 93.7 Å². The van der Waals surface area contributed by atoms with Crippen molar-refractivity contribution in [1.82, 2.24) is 0 Å². The van der Waals surface area contributed by atoms with E-state index >= 15 is 0 Å². The van der Waals surface area contributed by atoms with Crippen molar-refractivity contribution in [3.05, 3.63) is 72.9 Å². The molecule has 0 aromatic heterocycles. The summed E-state index contributed by atoms with van der Waals surface area (Å²) in [5.41, 5.74) is 0. The van der Waals surface area contributed by atoms with Gasteiger partial charge in [0.05, 0.1) is 0 Å². The molecule has 0 spiro atoms. The molecule has 0 N–H and O–H groups in total. The summed E-state index contributed by atoms with van der Waals surface area (Å²) in [6.45, 7) is 6.52. The summed E-state index contributed by atoms with van der Waals surface area (Å²) >= 11 is 0. The van der Waals surface area contributed by atoms with Crippen LogP contribution in [0.25, 0.3) is 0 Å². The minimum Gasteiger partial charge on any atom is -0.462 e. The topological polar surface area (TPSA) is 78.9 Å². The molecule has 1 unspecified atom stereocenters. The van der Waals surface area contributed by atoms with E-state index in [0.29, 0.717) is 19.3 Å². The quantitative estimate of drug-likeness (QED) is 0.0262. The fourth-order valence-corrected chi connectivity index (χ4v) is 7.61. The van der Waals surface area contributed by atoms with E-state index in [-0.39, 0.29) is 31.1 Å². The normalized spacial score (nSPS) is 12.6. The van der Waals surface area contributed by atoms with Gasteiger partial charge in [0.15, 0.2) is 6.10 Å². The Kier molecular flexibility index (Phi) is 50.9. The average Bonchev–Trinajstić information content (AvgIpc) is 3.30. The first kappa shape index (κ1) is 61.9. The van der Waals surface area contributed by atoms with Gasteiger partial charge in [0.1, 0.15) is 13.2 Å². The van der Waals surface area contributed by atoms with Crippen LogP contribution in [0.15, 0.2) is 72.9 Å². The van der Waals surface area contributed by atoms with E-state index in [9.17, 15) is 14.4 Å². The van der Waals surface area contributed by atoms with Crippen molar-refractivity contribution in [1.29, 1.82) is 0 Å². The Bertz CT molecular complexity index is 1230. The number of rotatable bonds is 49. The van der Waals surface area contributed by atoms with Crippen molar-refractivity contribution in [2.45, 2.75) is 271 Å². The Balaban J connectivity index is 4.40. The van der Waals surface area contributed by atoms with Crippen molar-refractivity contribution < 1.29 is 28.6 Å². The number of ether oxygens (including phenoxy) is 3. The molecule has 0 aliphatic heterocycles. The fraction of sp³-hybridized carbons (Fsp3) is 0.746. The number of esters is 3. The Morgan fingerprint density at radius 2 is 0.569 bits per heavy atom. The van der Waals surface area contributed by atoms with Crippen molar-refractivity contribution >= 4 is 17.9 Å². The van der Waals surface area contributed by atoms with Gasteiger partial charge >= 0.3 is 17.9 Å². The highest BCUT2D eigenvalue weighted by atomic mass is 16.6. The second kappa shape index (κ2) is 53.5. The lowest BCUT2D eigenvalue weighted by atomic mass is 10.0. The first-order chi connectivity index (χ1) is 32.0. The molecule has 0 rings (SSSR count). The minimum atomic E-state index is -0.794. The summed E-state index contributed by atoms with van der Waals surface area (Å²) in [6.07, 6.45) is 67.4. The second-order valence-corrected chi connectivity index (χ2v) is 18.3. The van der Waals surface area contributed by atoms with Crippen LogP contribution in [-0.4, -0.2) is 37.2 Å². The van der Waals surface area contributed by atoms with Crippen LogP contribution < -0.4 is 0 Å². The Morgan fingerprint density at radius 1 is 0.308 bits per heavy atom. The zero-order valence-electron chi connectivity index (χ0n) is 42.7. The highest BCUT2D eigenvalue weighted by molar-refractivity contribution is 5.71. The maximum Gasteiger partial charge on any atom is 0.306 e. The third-order valence-electron chi connectivity index (χ3n) is 11.8. The van der Waals surface area contributed by atoms with Gasteiger partial charge in [0.2, 0.25) is 0 Å². The highest BCUT2D eigenvalue weighted by Gasteiger charge is 2.19. The lowest BCUT2D eigenvalue weighted by Crippen LogP contribution is -2.30. The lowest BCUT2D eigenvalue weighted by Gasteiger charge is -2.18. The van der Waals surface area contributed by atoms with Gasteiger partial charge in [-0.25, -0.2) is 0 Å². The summed E-state index contributed by atoms with van der Waals surface area (Å²) in [7, 11) is 0. The number of carbonyl (C=O) groups excluding carboxylic acids is 3. The number of carbonyl (C=O) groups is 3. The number of hydrogen-bond donors (Lipinski definition) is 0. The SMILES string of the molecule is CCCC/C=C\C=C/CCCCCC(=O)OCC(COC(=O)CCCCCCC\C=C/C=C\C=C/C=C\CCCCC)OC(=O)CCCCCCCCCCCCCCCCCCCC. The van der Waals surface area contributed by atoms with E-state index < -0.39 is 6.10 Å². The predicted octanol–water partition coefficient (Wildman–Crippen LogP) is 18.2. The monoisotopic (exact) mass is 907 g/mol. The third kappa shape index (κ3) is 51.7. The van der Waals surface area contributed by atoms with E-state index in [0.717, 1.165) is 96.3 Å². The number of allylic oxidation sites excluding steroid dienone is 12. The van der Waals surface area contributed by atoms with Gasteiger partial charge in [-0.1, -0.05) is 254 Å². The molecule has 65 heavy (non-hydrogen) atoms. The fourth-order valence-electron chi connectivity index (χ4n) is 7.61. The Hall–Kier alpha value is -3.15. The third-order valence-corrected chi connectivity index (χ3v) is 11.8. The zero-order valence-corrected chi connectivity index (χ0v) is 42.7. The van der Waals surface area contributed by atoms with Gasteiger partial charge in [0, 0.05) is 19.3 Å². The number of unbranched alkanes of at least 4 members (excludes halogenated alkanes) is 30. The standard InChI is InChI=1S/C59H102O6/c1-4-7-10-13-16-19-22-24-26-28-30-32-34-37-40-43-46-49-52-58(61)64-55-56(54-63-57(60)51-48-45-42-39-36-21-18-15-12-9-6-3)65-59(62)53-50-47-44-41-38-35-33-31-29-27-25-23-20-17-14-11-8-5-2/h15-16,18-19,21-22,24,26,28,30,32,36,56H,4-14,17,20,23,25,27,29,31,33-35,37-55H2,1-3H3/b18-15-,19-16-,24-22-,28-26-,32-30-,36-21-. The maximum atomic E-state index is 12.8. The van der Waals surface area contributed by atoms with Crippen LogP contribution in [0.2, 0.25) is 0 Å². The first-order valence-electron chi connectivity index (χ1n) is 27.5. The van der Waals surface area contributed by atoms with E-state index in [1.54, 1.807) is 0 Å². The average molecular weight is 907 g/mol. The molecule has 1 atom stereocenters. The molecular weight excluding hydrogens is 805 g/mol. The zero-order chi connectivity index (χ0) is 47.2. The number of hydrogen-bond acceptors (Lipinski definition) is 6. The predicted molar refractivity (Wildman–Crippen MR) is 279 cm³/mol. The summed E-state index contributed by atoms with van der Waals surface area (Å²) in [6, 6.07) is 0. The largest absolute Gasteiger partial charge is 0.462 e. The van der Waals surface area contributed by atoms with Gasteiger partial charge in [0.25, 0.3) is 0 Å². The molecule has 6 nitrogen and oxygen atoms in total. The van der Waals surface area contributed by atoms with Crippen molar-refractivity contribution in [3.8, 4) is 0 Å². The molecular formula is C59H102O6. The van der Waals surface area contributed by atoms with Crippen LogP contribution in [0.1, 0.15) is 265 Å². The Morgan fingerprint density at radius 3 is 0.969 bits per heavy atom. The van der Waals surface area contributed by atoms with Crippen LogP contribution in [0.5, 0.6) is 0 Å². The Labute approximate surface area is 402 Å². The van der Waals surface area contributed by atoms with Crippen LogP contribution in [0, 0.1) is 0 Å².